The first-order chi connectivity index (χ1) is 12.8. The highest BCUT2D eigenvalue weighted by Gasteiger charge is 2.37. The van der Waals surface area contributed by atoms with Gasteiger partial charge in [0, 0.05) is 17.8 Å². The van der Waals surface area contributed by atoms with Crippen LogP contribution in [0.15, 0.2) is 35.6 Å². The van der Waals surface area contributed by atoms with Crippen LogP contribution in [0, 0.1) is 0 Å². The van der Waals surface area contributed by atoms with Crippen molar-refractivity contribution in [3.63, 3.8) is 0 Å². The quantitative estimate of drug-likeness (QED) is 0.158. The minimum absolute atomic E-state index is 0.0515. The Morgan fingerprint density at radius 2 is 1.54 bits per heavy atom. The molecule has 0 saturated carbocycles. The number of amidine groups is 1. The van der Waals surface area contributed by atoms with Gasteiger partial charge in [-0.05, 0) is 18.2 Å². The molecular weight excluding hydrogens is 398 g/mol. The van der Waals surface area contributed by atoms with Gasteiger partial charge in [0.25, 0.3) is 11.8 Å². The molecule has 1 aromatic carbocycles. The van der Waals surface area contributed by atoms with Gasteiger partial charge < -0.3 is 11.5 Å². The summed E-state index contributed by atoms with van der Waals surface area (Å²) in [5.41, 5.74) is 12.5. The lowest BCUT2D eigenvalue weighted by Crippen LogP contribution is -2.43. The van der Waals surface area contributed by atoms with Crippen molar-refractivity contribution in [1.29, 1.82) is 0 Å². The summed E-state index contributed by atoms with van der Waals surface area (Å²) in [7, 11) is 0. The molecule has 28 heavy (non-hydrogen) atoms. The number of nitrogens with zero attached hydrogens (tertiary/aromatic N) is 1. The maximum absolute atomic E-state index is 12.8. The molecule has 0 aliphatic carbocycles. The first-order valence-electron chi connectivity index (χ1n) is 7.18. The number of carbonyl (C=O) groups excluding carboxylic acids is 2. The van der Waals surface area contributed by atoms with E-state index in [-0.39, 0.29) is 12.6 Å². The lowest BCUT2D eigenvalue weighted by Gasteiger charge is -2.13. The van der Waals surface area contributed by atoms with Crippen molar-refractivity contribution in [3.05, 3.63) is 47.2 Å². The molecule has 8 nitrogen and oxygen atoms in total. The number of hydrazone groups is 1. The van der Waals surface area contributed by atoms with Crippen LogP contribution in [0.25, 0.3) is 0 Å². The van der Waals surface area contributed by atoms with Crippen molar-refractivity contribution in [3.8, 4) is 0 Å². The van der Waals surface area contributed by atoms with Crippen LogP contribution < -0.4 is 27.7 Å². The van der Waals surface area contributed by atoms with E-state index in [9.17, 15) is 35.9 Å². The summed E-state index contributed by atoms with van der Waals surface area (Å²) in [6.07, 6.45) is -8.39. The fourth-order valence-corrected chi connectivity index (χ4v) is 1.61. The zero-order valence-corrected chi connectivity index (χ0v) is 13.8. The monoisotopic (exact) mass is 412 g/mol. The third kappa shape index (κ3) is 7.14. The van der Waals surface area contributed by atoms with Crippen molar-refractivity contribution in [2.75, 3.05) is 6.54 Å². The first kappa shape index (κ1) is 22.8. The van der Waals surface area contributed by atoms with E-state index in [0.29, 0.717) is 12.1 Å². The van der Waals surface area contributed by atoms with Gasteiger partial charge in [-0.3, -0.25) is 25.9 Å². The van der Waals surface area contributed by atoms with E-state index in [1.54, 1.807) is 0 Å². The molecule has 0 fully saturated rings. The second-order valence-electron chi connectivity index (χ2n) is 5.00. The zero-order valence-electron chi connectivity index (χ0n) is 13.8. The number of hydrogen-bond acceptors (Lipinski definition) is 5. The predicted molar refractivity (Wildman–Crippen MR) is 84.8 cm³/mol. The highest BCUT2D eigenvalue weighted by molar-refractivity contribution is 5.97. The summed E-state index contributed by atoms with van der Waals surface area (Å²) in [5.74, 6) is -2.21. The molecule has 14 heteroatoms. The van der Waals surface area contributed by atoms with E-state index in [0.717, 1.165) is 12.3 Å². The van der Waals surface area contributed by atoms with E-state index >= 15 is 0 Å². The van der Waals surface area contributed by atoms with Crippen LogP contribution in [-0.4, -0.2) is 24.2 Å². The molecule has 1 rings (SSSR count). The predicted octanol–water partition coefficient (Wildman–Crippen LogP) is 0.554. The van der Waals surface area contributed by atoms with Gasteiger partial charge in [-0.1, -0.05) is 0 Å². The number of benzene rings is 1. The van der Waals surface area contributed by atoms with Gasteiger partial charge in [-0.2, -0.15) is 31.4 Å². The Bertz CT molecular complexity index is 755. The van der Waals surface area contributed by atoms with Crippen LogP contribution in [0.1, 0.15) is 16.7 Å². The average Bonchev–Trinajstić information content (AvgIpc) is 2.61. The number of nitrogens with two attached hydrogens (primary N) is 2. The van der Waals surface area contributed by atoms with E-state index in [1.807, 2.05) is 10.9 Å². The summed E-state index contributed by atoms with van der Waals surface area (Å²) in [5, 5.41) is 3.36. The number of rotatable bonds is 5. The Labute approximate surface area is 153 Å². The molecule has 0 heterocycles. The molecule has 0 radical (unpaired) electrons. The van der Waals surface area contributed by atoms with E-state index in [4.69, 9.17) is 11.5 Å². The summed E-state index contributed by atoms with van der Waals surface area (Å²) in [4.78, 5) is 22.1. The Morgan fingerprint density at radius 1 is 1.00 bits per heavy atom. The minimum Gasteiger partial charge on any atom is -0.382 e. The largest absolute Gasteiger partial charge is 0.416 e. The zero-order chi connectivity index (χ0) is 21.5. The molecule has 0 saturated heterocycles. The molecule has 0 spiro atoms. The summed E-state index contributed by atoms with van der Waals surface area (Å²) in [6.45, 7) is -0.375. The topological polar surface area (TPSA) is 135 Å². The number of carbonyl (C=O) groups is 2. The molecule has 1 aromatic rings. The molecule has 0 unspecified atom stereocenters. The number of hydrazine groups is 1. The number of alkyl halides is 6. The molecule has 0 aromatic heterocycles. The van der Waals surface area contributed by atoms with Gasteiger partial charge in [0.1, 0.15) is 0 Å². The highest BCUT2D eigenvalue weighted by atomic mass is 19.4. The molecule has 154 valence electrons. The van der Waals surface area contributed by atoms with Crippen LogP contribution in [0.2, 0.25) is 0 Å². The van der Waals surface area contributed by atoms with E-state index < -0.39 is 46.7 Å². The molecule has 0 aliphatic rings. The lowest BCUT2D eigenvalue weighted by molar-refractivity contribution is -0.143. The maximum Gasteiger partial charge on any atom is 0.416 e. The smallest absolute Gasteiger partial charge is 0.382 e. The molecular formula is C14H14F6N6O2. The fraction of sp³-hybridized carbons (Fsp3) is 0.214. The molecule has 0 bridgehead atoms. The number of nitrogens with one attached hydrogen (secondary N) is 3. The molecule has 0 aliphatic heterocycles. The van der Waals surface area contributed by atoms with E-state index in [1.165, 1.54) is 0 Å². The molecule has 2 amide bonds. The third-order valence-corrected chi connectivity index (χ3v) is 2.89. The minimum atomic E-state index is -5.03. The van der Waals surface area contributed by atoms with Crippen molar-refractivity contribution in [2.24, 2.45) is 16.6 Å². The van der Waals surface area contributed by atoms with Crippen LogP contribution >= 0.6 is 0 Å². The highest BCUT2D eigenvalue weighted by Crippen LogP contribution is 2.36. The fourth-order valence-electron chi connectivity index (χ4n) is 1.61. The van der Waals surface area contributed by atoms with Crippen molar-refractivity contribution < 1.29 is 35.9 Å². The first-order valence-corrected chi connectivity index (χ1v) is 7.18. The van der Waals surface area contributed by atoms with Gasteiger partial charge in [-0.15, -0.1) is 0 Å². The van der Waals surface area contributed by atoms with Gasteiger partial charge >= 0.3 is 12.4 Å². The van der Waals surface area contributed by atoms with Crippen LogP contribution in [-0.2, 0) is 21.9 Å². The van der Waals surface area contributed by atoms with Crippen molar-refractivity contribution >= 4 is 17.6 Å². The normalized spacial score (nSPS) is 12.8. The van der Waals surface area contributed by atoms with Gasteiger partial charge in [0.2, 0.25) is 0 Å². The Hall–Kier alpha value is -3.29. The summed E-state index contributed by atoms with van der Waals surface area (Å²) >= 11 is 0. The standard InChI is InChI=1S/C14H14F6N6O2/c15-13(16,17)8-3-7(4-9(5-8)14(18,19)20)12(22)26-23-2-1-10(27)24-25-11(28)6-21/h1-5,23H,6,21H2,(H2,22,26)(H,24,27)(H,25,28)/b2-1-. The third-order valence-electron chi connectivity index (χ3n) is 2.89. The second kappa shape index (κ2) is 9.07. The second-order valence-corrected chi connectivity index (χ2v) is 5.00. The van der Waals surface area contributed by atoms with Gasteiger partial charge in [-0.25, -0.2) is 0 Å². The van der Waals surface area contributed by atoms with Gasteiger partial charge in [0.05, 0.1) is 17.7 Å². The lowest BCUT2D eigenvalue weighted by atomic mass is 10.0. The Balaban J connectivity index is 2.93. The summed E-state index contributed by atoms with van der Waals surface area (Å²) in [6, 6.07) is 0.743. The van der Waals surface area contributed by atoms with Crippen molar-refractivity contribution in [1.82, 2.24) is 16.3 Å². The SMILES string of the molecule is NCC(=O)NNC(=O)/C=C\N/N=C(\N)c1cc(C(F)(F)F)cc(C(F)(F)F)c1. The van der Waals surface area contributed by atoms with Crippen LogP contribution in [0.5, 0.6) is 0 Å². The van der Waals surface area contributed by atoms with Crippen LogP contribution in [0.3, 0.4) is 0 Å². The Morgan fingerprint density at radius 3 is 2.00 bits per heavy atom. The number of halogens is 6. The number of hydrogen-bond donors (Lipinski definition) is 5. The van der Waals surface area contributed by atoms with Gasteiger partial charge in [0.15, 0.2) is 5.84 Å². The molecule has 7 N–H and O–H groups in total. The number of amides is 2. The maximum atomic E-state index is 12.8. The Kier molecular flexibility index (Phi) is 7.37. The van der Waals surface area contributed by atoms with Crippen molar-refractivity contribution in [2.45, 2.75) is 12.4 Å². The van der Waals surface area contributed by atoms with Crippen LogP contribution in [0.4, 0.5) is 26.3 Å². The summed E-state index contributed by atoms with van der Waals surface area (Å²) < 4.78 is 76.8. The molecule has 0 atom stereocenters. The van der Waals surface area contributed by atoms with E-state index in [2.05, 4.69) is 10.5 Å². The average molecular weight is 412 g/mol.